The van der Waals surface area contributed by atoms with Crippen molar-refractivity contribution in [3.63, 3.8) is 0 Å². The van der Waals surface area contributed by atoms with Crippen molar-refractivity contribution in [1.29, 1.82) is 0 Å². The molecule has 0 saturated carbocycles. The maximum absolute atomic E-state index is 12.9. The molecule has 2 aromatic carbocycles. The molecule has 0 aliphatic heterocycles. The summed E-state index contributed by atoms with van der Waals surface area (Å²) in [5, 5.41) is 11.4. The minimum absolute atomic E-state index is 0.0174. The first kappa shape index (κ1) is 27.7. The van der Waals surface area contributed by atoms with Crippen molar-refractivity contribution in [2.75, 3.05) is 0 Å². The maximum Gasteiger partial charge on any atom is 0.339 e. The number of esters is 1. The number of aromatic hydroxyl groups is 1. The molecule has 0 spiro atoms. The summed E-state index contributed by atoms with van der Waals surface area (Å²) in [6.07, 6.45) is 3.18. The highest BCUT2D eigenvalue weighted by Crippen LogP contribution is 2.41. The zero-order valence-corrected chi connectivity index (χ0v) is 22.8. The standard InChI is InChI=1S/C31H44O3/c1-11-29(5,6)21(4)28(33)34-26-17-15-14-16-22(26)18-23-19-24(30(7,8)12-2)20-25(27(23)32)31(9,10)13-3/h14-17,19-20,32H,4,11-13,18H2,1-3,5-10H3. The number of hydrogen-bond donors (Lipinski definition) is 1. The summed E-state index contributed by atoms with van der Waals surface area (Å²) in [6.45, 7) is 23.2. The summed E-state index contributed by atoms with van der Waals surface area (Å²) in [6, 6.07) is 11.9. The van der Waals surface area contributed by atoms with E-state index in [0.29, 0.717) is 23.5 Å². The Morgan fingerprint density at radius 3 is 2.03 bits per heavy atom. The van der Waals surface area contributed by atoms with Gasteiger partial charge in [0.1, 0.15) is 11.5 Å². The van der Waals surface area contributed by atoms with E-state index in [1.54, 1.807) is 0 Å². The van der Waals surface area contributed by atoms with E-state index in [0.717, 1.165) is 36.0 Å². The van der Waals surface area contributed by atoms with Gasteiger partial charge < -0.3 is 9.84 Å². The van der Waals surface area contributed by atoms with Gasteiger partial charge in [0.25, 0.3) is 0 Å². The number of rotatable bonds is 10. The molecular weight excluding hydrogens is 420 g/mol. The lowest BCUT2D eigenvalue weighted by atomic mass is 9.75. The summed E-state index contributed by atoms with van der Waals surface area (Å²) < 4.78 is 5.82. The first-order valence-electron chi connectivity index (χ1n) is 12.6. The summed E-state index contributed by atoms with van der Waals surface area (Å²) in [7, 11) is 0. The van der Waals surface area contributed by atoms with Crippen LogP contribution in [0.3, 0.4) is 0 Å². The first-order chi connectivity index (χ1) is 15.7. The van der Waals surface area contributed by atoms with E-state index >= 15 is 0 Å². The van der Waals surface area contributed by atoms with Gasteiger partial charge in [-0.05, 0) is 58.3 Å². The predicted molar refractivity (Wildman–Crippen MR) is 143 cm³/mol. The SMILES string of the molecule is C=C(C(=O)Oc1ccccc1Cc1cc(C(C)(C)CC)cc(C(C)(C)CC)c1O)C(C)(C)CC. The molecule has 0 heterocycles. The molecule has 186 valence electrons. The molecule has 2 rings (SSSR count). The van der Waals surface area contributed by atoms with Crippen LogP contribution >= 0.6 is 0 Å². The molecule has 3 heteroatoms. The number of ether oxygens (including phenoxy) is 1. The largest absolute Gasteiger partial charge is 0.507 e. The van der Waals surface area contributed by atoms with Crippen molar-refractivity contribution in [2.45, 2.75) is 98.8 Å². The highest BCUT2D eigenvalue weighted by molar-refractivity contribution is 5.91. The lowest BCUT2D eigenvalue weighted by Gasteiger charge is -2.31. The Balaban J connectivity index is 2.54. The fourth-order valence-corrected chi connectivity index (χ4v) is 3.74. The third kappa shape index (κ3) is 5.92. The van der Waals surface area contributed by atoms with E-state index in [1.807, 2.05) is 45.0 Å². The molecule has 0 atom stereocenters. The summed E-state index contributed by atoms with van der Waals surface area (Å²) >= 11 is 0. The van der Waals surface area contributed by atoms with Gasteiger partial charge >= 0.3 is 5.97 Å². The number of phenols is 1. The minimum atomic E-state index is -0.405. The Bertz CT molecular complexity index is 1040. The van der Waals surface area contributed by atoms with Crippen LogP contribution in [0.2, 0.25) is 0 Å². The zero-order chi connectivity index (χ0) is 25.9. The Morgan fingerprint density at radius 2 is 1.47 bits per heavy atom. The van der Waals surface area contributed by atoms with Gasteiger partial charge in [0, 0.05) is 17.6 Å². The van der Waals surface area contributed by atoms with Crippen LogP contribution in [0.25, 0.3) is 0 Å². The molecule has 0 aliphatic carbocycles. The third-order valence-corrected chi connectivity index (χ3v) is 7.97. The average molecular weight is 465 g/mol. The van der Waals surface area contributed by atoms with Crippen molar-refractivity contribution < 1.29 is 14.6 Å². The zero-order valence-electron chi connectivity index (χ0n) is 22.8. The molecule has 0 amide bonds. The van der Waals surface area contributed by atoms with Crippen molar-refractivity contribution >= 4 is 5.97 Å². The van der Waals surface area contributed by atoms with Gasteiger partial charge in [0.15, 0.2) is 0 Å². The molecule has 0 aromatic heterocycles. The molecule has 34 heavy (non-hydrogen) atoms. The normalized spacial score (nSPS) is 12.5. The van der Waals surface area contributed by atoms with Crippen molar-refractivity contribution in [2.24, 2.45) is 5.41 Å². The summed E-state index contributed by atoms with van der Waals surface area (Å²) in [4.78, 5) is 12.9. The van der Waals surface area contributed by atoms with Crippen molar-refractivity contribution in [3.8, 4) is 11.5 Å². The van der Waals surface area contributed by atoms with Gasteiger partial charge in [-0.25, -0.2) is 4.79 Å². The van der Waals surface area contributed by atoms with E-state index in [9.17, 15) is 9.90 Å². The first-order valence-corrected chi connectivity index (χ1v) is 12.6. The van der Waals surface area contributed by atoms with E-state index < -0.39 is 5.97 Å². The third-order valence-electron chi connectivity index (χ3n) is 7.97. The van der Waals surface area contributed by atoms with Gasteiger partial charge in [-0.1, -0.05) is 99.2 Å². The van der Waals surface area contributed by atoms with Crippen LogP contribution < -0.4 is 4.74 Å². The van der Waals surface area contributed by atoms with Crippen LogP contribution in [0, 0.1) is 5.41 Å². The van der Waals surface area contributed by atoms with Crippen LogP contribution in [0.4, 0.5) is 0 Å². The Morgan fingerprint density at radius 1 is 0.882 bits per heavy atom. The molecule has 0 fully saturated rings. The number of phenolic OH excluding ortho intramolecular Hbond substituents is 1. The van der Waals surface area contributed by atoms with Gasteiger partial charge in [-0.3, -0.25) is 0 Å². The molecule has 0 bridgehead atoms. The molecule has 0 aliphatic rings. The highest BCUT2D eigenvalue weighted by atomic mass is 16.5. The summed E-state index contributed by atoms with van der Waals surface area (Å²) in [5.74, 6) is 0.439. The van der Waals surface area contributed by atoms with Crippen molar-refractivity contribution in [1.82, 2.24) is 0 Å². The summed E-state index contributed by atoms with van der Waals surface area (Å²) in [5.41, 5.74) is 3.86. The minimum Gasteiger partial charge on any atom is -0.507 e. The predicted octanol–water partition coefficient (Wildman–Crippen LogP) is 8.26. The molecule has 0 radical (unpaired) electrons. The lowest BCUT2D eigenvalue weighted by molar-refractivity contribution is -0.131. The molecule has 0 unspecified atom stereocenters. The Kier molecular flexibility index (Phi) is 8.45. The molecule has 2 aromatic rings. The lowest BCUT2D eigenvalue weighted by Crippen LogP contribution is -2.24. The second-order valence-electron chi connectivity index (χ2n) is 11.4. The number of hydrogen-bond acceptors (Lipinski definition) is 3. The number of para-hydroxylation sites is 1. The van der Waals surface area contributed by atoms with Crippen LogP contribution in [0.1, 0.15) is 104 Å². The average Bonchev–Trinajstić information content (AvgIpc) is 2.80. The van der Waals surface area contributed by atoms with Gasteiger partial charge in [0.05, 0.1) is 0 Å². The second kappa shape index (κ2) is 10.4. The fourth-order valence-electron chi connectivity index (χ4n) is 3.74. The highest BCUT2D eigenvalue weighted by Gasteiger charge is 2.29. The van der Waals surface area contributed by atoms with Crippen LogP contribution in [-0.2, 0) is 22.0 Å². The van der Waals surface area contributed by atoms with Crippen LogP contribution in [0.5, 0.6) is 11.5 Å². The number of carbonyl (C=O) groups excluding carboxylic acids is 1. The molecule has 3 nitrogen and oxygen atoms in total. The fraction of sp³-hybridized carbons (Fsp3) is 0.516. The second-order valence-corrected chi connectivity index (χ2v) is 11.4. The maximum atomic E-state index is 12.9. The number of carbonyl (C=O) groups is 1. The monoisotopic (exact) mass is 464 g/mol. The van der Waals surface area contributed by atoms with E-state index in [2.05, 4.69) is 60.3 Å². The van der Waals surface area contributed by atoms with E-state index in [1.165, 1.54) is 5.56 Å². The Hall–Kier alpha value is -2.55. The van der Waals surface area contributed by atoms with Gasteiger partial charge in [-0.2, -0.15) is 0 Å². The van der Waals surface area contributed by atoms with E-state index in [4.69, 9.17) is 4.74 Å². The van der Waals surface area contributed by atoms with Crippen LogP contribution in [-0.4, -0.2) is 11.1 Å². The van der Waals surface area contributed by atoms with Crippen LogP contribution in [0.15, 0.2) is 48.6 Å². The molecule has 1 N–H and O–H groups in total. The molecule has 0 saturated heterocycles. The van der Waals surface area contributed by atoms with Gasteiger partial charge in [-0.15, -0.1) is 0 Å². The topological polar surface area (TPSA) is 46.5 Å². The number of benzene rings is 2. The quantitative estimate of drug-likeness (QED) is 0.219. The van der Waals surface area contributed by atoms with E-state index in [-0.39, 0.29) is 16.2 Å². The van der Waals surface area contributed by atoms with Crippen molar-refractivity contribution in [3.05, 3.63) is 70.8 Å². The Labute approximate surface area is 207 Å². The van der Waals surface area contributed by atoms with Gasteiger partial charge in [0.2, 0.25) is 0 Å². The smallest absolute Gasteiger partial charge is 0.339 e. The molecular formula is C31H44O3.